The number of hydrogen-bond acceptors (Lipinski definition) is 2. The SMILES string of the molecule is CC(C)CN(CC(C)C)C1CCC(=O)CC1. The summed E-state index contributed by atoms with van der Waals surface area (Å²) in [4.78, 5) is 13.9. The van der Waals surface area contributed by atoms with Crippen LogP contribution in [0.25, 0.3) is 0 Å². The molecule has 2 nitrogen and oxygen atoms in total. The molecule has 0 spiro atoms. The number of ketones is 1. The molecule has 0 unspecified atom stereocenters. The Morgan fingerprint density at radius 1 is 1.06 bits per heavy atom. The Morgan fingerprint density at radius 3 is 1.88 bits per heavy atom. The van der Waals surface area contributed by atoms with Gasteiger partial charge in [-0.1, -0.05) is 27.7 Å². The summed E-state index contributed by atoms with van der Waals surface area (Å²) in [5.74, 6) is 1.90. The highest BCUT2D eigenvalue weighted by atomic mass is 16.1. The molecule has 1 fully saturated rings. The van der Waals surface area contributed by atoms with Gasteiger partial charge in [-0.25, -0.2) is 0 Å². The van der Waals surface area contributed by atoms with Crippen LogP contribution in [0, 0.1) is 11.8 Å². The minimum absolute atomic E-state index is 0.463. The Balaban J connectivity index is 2.50. The van der Waals surface area contributed by atoms with E-state index in [4.69, 9.17) is 0 Å². The van der Waals surface area contributed by atoms with Gasteiger partial charge in [0.05, 0.1) is 0 Å². The summed E-state index contributed by atoms with van der Waals surface area (Å²) in [6, 6.07) is 0.655. The van der Waals surface area contributed by atoms with Crippen LogP contribution < -0.4 is 0 Å². The van der Waals surface area contributed by atoms with Crippen molar-refractivity contribution < 1.29 is 4.79 Å². The maximum atomic E-state index is 11.3. The van der Waals surface area contributed by atoms with E-state index in [1.165, 1.54) is 13.1 Å². The summed E-state index contributed by atoms with van der Waals surface area (Å²) in [6.07, 6.45) is 3.77. The molecule has 0 radical (unpaired) electrons. The van der Waals surface area contributed by atoms with E-state index in [1.807, 2.05) is 0 Å². The van der Waals surface area contributed by atoms with E-state index in [0.29, 0.717) is 11.8 Å². The van der Waals surface area contributed by atoms with Crippen molar-refractivity contribution in [3.05, 3.63) is 0 Å². The molecule has 16 heavy (non-hydrogen) atoms. The lowest BCUT2D eigenvalue weighted by atomic mass is 9.92. The van der Waals surface area contributed by atoms with Gasteiger partial charge >= 0.3 is 0 Å². The highest BCUT2D eigenvalue weighted by Gasteiger charge is 2.25. The van der Waals surface area contributed by atoms with E-state index in [9.17, 15) is 4.79 Å². The highest BCUT2D eigenvalue weighted by molar-refractivity contribution is 5.79. The van der Waals surface area contributed by atoms with Crippen LogP contribution in [-0.4, -0.2) is 29.8 Å². The first-order valence-corrected chi connectivity index (χ1v) is 6.74. The minimum atomic E-state index is 0.463. The Bertz CT molecular complexity index is 203. The number of carbonyl (C=O) groups is 1. The molecule has 0 heterocycles. The molecule has 0 N–H and O–H groups in total. The van der Waals surface area contributed by atoms with Gasteiger partial charge in [0.15, 0.2) is 0 Å². The molecule has 0 aromatic carbocycles. The largest absolute Gasteiger partial charge is 0.300 e. The van der Waals surface area contributed by atoms with E-state index < -0.39 is 0 Å². The molecule has 0 atom stereocenters. The quantitative estimate of drug-likeness (QED) is 0.716. The summed E-state index contributed by atoms with van der Waals surface area (Å²) >= 11 is 0. The first-order chi connectivity index (χ1) is 7.49. The molecule has 0 aromatic rings. The standard InChI is InChI=1S/C14H27NO/c1-11(2)9-15(10-12(3)4)13-5-7-14(16)8-6-13/h11-13H,5-10H2,1-4H3. The third-order valence-electron chi connectivity index (χ3n) is 3.23. The van der Waals surface area contributed by atoms with Crippen LogP contribution in [0.1, 0.15) is 53.4 Å². The number of Topliss-reactive ketones (excluding diaryl/α,β-unsaturated/α-hetero) is 1. The van der Waals surface area contributed by atoms with Crippen LogP contribution in [0.15, 0.2) is 0 Å². The maximum Gasteiger partial charge on any atom is 0.133 e. The lowest BCUT2D eigenvalue weighted by Crippen LogP contribution is -2.42. The summed E-state index contributed by atoms with van der Waals surface area (Å²) in [6.45, 7) is 11.5. The number of rotatable bonds is 5. The zero-order valence-electron chi connectivity index (χ0n) is 11.3. The molecule has 0 amide bonds. The van der Waals surface area contributed by atoms with Gasteiger partial charge in [0.1, 0.15) is 5.78 Å². The molecule has 2 heteroatoms. The Hall–Kier alpha value is -0.370. The van der Waals surface area contributed by atoms with Gasteiger partial charge in [-0.2, -0.15) is 0 Å². The van der Waals surface area contributed by atoms with Crippen molar-refractivity contribution in [1.29, 1.82) is 0 Å². The predicted octanol–water partition coefficient (Wildman–Crippen LogP) is 3.11. The third-order valence-corrected chi connectivity index (χ3v) is 3.23. The van der Waals surface area contributed by atoms with Gasteiger partial charge < -0.3 is 0 Å². The van der Waals surface area contributed by atoms with Gasteiger partial charge in [-0.3, -0.25) is 9.69 Å². The minimum Gasteiger partial charge on any atom is -0.300 e. The lowest BCUT2D eigenvalue weighted by molar-refractivity contribution is -0.121. The smallest absolute Gasteiger partial charge is 0.133 e. The summed E-state index contributed by atoms with van der Waals surface area (Å²) in [7, 11) is 0. The van der Waals surface area contributed by atoms with Gasteiger partial charge in [-0.15, -0.1) is 0 Å². The van der Waals surface area contributed by atoms with Gasteiger partial charge in [-0.05, 0) is 24.7 Å². The van der Waals surface area contributed by atoms with Crippen molar-refractivity contribution in [3.8, 4) is 0 Å². The molecular formula is C14H27NO. The fourth-order valence-electron chi connectivity index (χ4n) is 2.60. The van der Waals surface area contributed by atoms with Crippen molar-refractivity contribution in [3.63, 3.8) is 0 Å². The van der Waals surface area contributed by atoms with Crippen molar-refractivity contribution in [1.82, 2.24) is 4.90 Å². The maximum absolute atomic E-state index is 11.3. The molecule has 1 rings (SSSR count). The van der Waals surface area contributed by atoms with Gasteiger partial charge in [0.2, 0.25) is 0 Å². The Labute approximate surface area is 100 Å². The molecule has 1 aliphatic rings. The van der Waals surface area contributed by atoms with Crippen LogP contribution in [0.2, 0.25) is 0 Å². The van der Waals surface area contributed by atoms with Gasteiger partial charge in [0, 0.05) is 32.0 Å². The normalized spacial score (nSPS) is 19.1. The number of nitrogens with zero attached hydrogens (tertiary/aromatic N) is 1. The van der Waals surface area contributed by atoms with Crippen LogP contribution in [0.3, 0.4) is 0 Å². The number of carbonyl (C=O) groups excluding carboxylic acids is 1. The van der Waals surface area contributed by atoms with E-state index in [0.717, 1.165) is 37.5 Å². The molecule has 1 aliphatic carbocycles. The van der Waals surface area contributed by atoms with E-state index in [2.05, 4.69) is 32.6 Å². The summed E-state index contributed by atoms with van der Waals surface area (Å²) in [5, 5.41) is 0. The topological polar surface area (TPSA) is 20.3 Å². The van der Waals surface area contributed by atoms with Crippen LogP contribution in [-0.2, 0) is 4.79 Å². The third kappa shape index (κ3) is 4.65. The zero-order chi connectivity index (χ0) is 12.1. The second-order valence-electron chi connectivity index (χ2n) is 6.01. The summed E-state index contributed by atoms with van der Waals surface area (Å²) in [5.41, 5.74) is 0. The van der Waals surface area contributed by atoms with Crippen molar-refractivity contribution >= 4 is 5.78 Å². The molecule has 0 saturated heterocycles. The second kappa shape index (κ2) is 6.39. The average Bonchev–Trinajstić information content (AvgIpc) is 2.16. The van der Waals surface area contributed by atoms with Gasteiger partial charge in [0.25, 0.3) is 0 Å². The Kier molecular flexibility index (Phi) is 5.47. The fourth-order valence-corrected chi connectivity index (χ4v) is 2.60. The molecule has 0 aliphatic heterocycles. The first-order valence-electron chi connectivity index (χ1n) is 6.74. The Morgan fingerprint density at radius 2 is 1.50 bits per heavy atom. The monoisotopic (exact) mass is 225 g/mol. The number of hydrogen-bond donors (Lipinski definition) is 0. The highest BCUT2D eigenvalue weighted by Crippen LogP contribution is 2.22. The second-order valence-corrected chi connectivity index (χ2v) is 6.01. The van der Waals surface area contributed by atoms with Crippen molar-refractivity contribution in [2.24, 2.45) is 11.8 Å². The zero-order valence-corrected chi connectivity index (χ0v) is 11.3. The molecule has 1 saturated carbocycles. The van der Waals surface area contributed by atoms with E-state index in [1.54, 1.807) is 0 Å². The molecule has 0 aromatic heterocycles. The lowest BCUT2D eigenvalue weighted by Gasteiger charge is -2.36. The fraction of sp³-hybridized carbons (Fsp3) is 0.929. The van der Waals surface area contributed by atoms with Crippen molar-refractivity contribution in [2.75, 3.05) is 13.1 Å². The van der Waals surface area contributed by atoms with Crippen LogP contribution >= 0.6 is 0 Å². The van der Waals surface area contributed by atoms with E-state index >= 15 is 0 Å². The summed E-state index contributed by atoms with van der Waals surface area (Å²) < 4.78 is 0. The van der Waals surface area contributed by atoms with Crippen LogP contribution in [0.4, 0.5) is 0 Å². The van der Waals surface area contributed by atoms with E-state index in [-0.39, 0.29) is 0 Å². The molecule has 0 bridgehead atoms. The first kappa shape index (κ1) is 13.7. The molecule has 94 valence electrons. The predicted molar refractivity (Wildman–Crippen MR) is 68.5 cm³/mol. The van der Waals surface area contributed by atoms with Crippen LogP contribution in [0.5, 0.6) is 0 Å². The van der Waals surface area contributed by atoms with Crippen molar-refractivity contribution in [2.45, 2.75) is 59.4 Å². The average molecular weight is 225 g/mol. The molecular weight excluding hydrogens is 198 g/mol.